The van der Waals surface area contributed by atoms with E-state index in [4.69, 9.17) is 11.6 Å². The molecule has 2 aromatic rings. The zero-order valence-electron chi connectivity index (χ0n) is 17.0. The molecule has 8 heteroatoms. The summed E-state index contributed by atoms with van der Waals surface area (Å²) in [5.41, 5.74) is 5.38. The maximum absolute atomic E-state index is 12.4. The Balaban J connectivity index is 1.72. The third kappa shape index (κ3) is 6.31. The van der Waals surface area contributed by atoms with Crippen molar-refractivity contribution in [2.45, 2.75) is 45.1 Å². The number of hydrogen-bond acceptors (Lipinski definition) is 4. The van der Waals surface area contributed by atoms with Crippen LogP contribution < -0.4 is 9.73 Å². The highest BCUT2D eigenvalue weighted by Gasteiger charge is 2.18. The van der Waals surface area contributed by atoms with Crippen molar-refractivity contribution in [2.24, 2.45) is 5.10 Å². The zero-order valence-corrected chi connectivity index (χ0v) is 18.5. The van der Waals surface area contributed by atoms with E-state index in [0.29, 0.717) is 16.3 Å². The molecule has 0 spiro atoms. The maximum atomic E-state index is 12.4. The van der Waals surface area contributed by atoms with Gasteiger partial charge < -0.3 is 0 Å². The van der Waals surface area contributed by atoms with E-state index in [9.17, 15) is 13.2 Å². The van der Waals surface area contributed by atoms with Gasteiger partial charge in [-0.1, -0.05) is 36.6 Å². The molecule has 2 aromatic carbocycles. The largest absolute Gasteiger partial charge is 0.271 e. The van der Waals surface area contributed by atoms with Gasteiger partial charge in [0.2, 0.25) is 10.0 Å². The molecule has 0 radical (unpaired) electrons. The summed E-state index contributed by atoms with van der Waals surface area (Å²) in [7, 11) is -3.51. The van der Waals surface area contributed by atoms with Crippen molar-refractivity contribution in [3.05, 3.63) is 64.7 Å². The second-order valence-electron chi connectivity index (χ2n) is 7.48. The molecule has 0 heterocycles. The third-order valence-electron chi connectivity index (χ3n) is 5.05. The van der Waals surface area contributed by atoms with Crippen LogP contribution in [-0.2, 0) is 16.6 Å². The number of carbonyl (C=O) groups excluding carboxylic acids is 1. The molecule has 0 saturated heterocycles. The first-order valence-corrected chi connectivity index (χ1v) is 12.2. The van der Waals surface area contributed by atoms with Crippen molar-refractivity contribution in [1.82, 2.24) is 5.43 Å². The summed E-state index contributed by atoms with van der Waals surface area (Å²) in [6.07, 6.45) is 7.64. The van der Waals surface area contributed by atoms with Crippen LogP contribution in [0.15, 0.2) is 53.6 Å². The highest BCUT2D eigenvalue weighted by Crippen LogP contribution is 2.22. The van der Waals surface area contributed by atoms with E-state index in [-0.39, 0.29) is 12.5 Å². The van der Waals surface area contributed by atoms with Gasteiger partial charge in [-0.05, 0) is 67.6 Å². The highest BCUT2D eigenvalue weighted by molar-refractivity contribution is 7.92. The van der Waals surface area contributed by atoms with E-state index >= 15 is 0 Å². The van der Waals surface area contributed by atoms with Gasteiger partial charge in [-0.15, -0.1) is 0 Å². The lowest BCUT2D eigenvalue weighted by molar-refractivity contribution is 0.0954. The Hall–Kier alpha value is -2.38. The van der Waals surface area contributed by atoms with Gasteiger partial charge >= 0.3 is 0 Å². The molecule has 0 bridgehead atoms. The number of amides is 1. The average molecular weight is 448 g/mol. The van der Waals surface area contributed by atoms with Crippen molar-refractivity contribution >= 4 is 38.9 Å². The van der Waals surface area contributed by atoms with Crippen LogP contribution in [0.4, 0.5) is 5.69 Å². The van der Waals surface area contributed by atoms with Crippen LogP contribution in [-0.4, -0.2) is 26.3 Å². The number of hydrogen-bond donors (Lipinski definition) is 1. The van der Waals surface area contributed by atoms with E-state index in [1.807, 2.05) is 0 Å². The number of halogens is 1. The Bertz CT molecular complexity index is 993. The van der Waals surface area contributed by atoms with Gasteiger partial charge in [0.25, 0.3) is 5.91 Å². The van der Waals surface area contributed by atoms with Gasteiger partial charge in [-0.25, -0.2) is 13.8 Å². The number of sulfonamides is 1. The molecule has 1 N–H and O–H groups in total. The normalized spacial score (nSPS) is 14.7. The molecule has 160 valence electrons. The van der Waals surface area contributed by atoms with Crippen molar-refractivity contribution < 1.29 is 13.2 Å². The molecular formula is C22H26ClN3O3S. The minimum Gasteiger partial charge on any atom is -0.267 e. The second-order valence-corrected chi connectivity index (χ2v) is 9.82. The standard InChI is InChI=1S/C22H26ClN3O3S/c1-30(28,29)26(16-17-8-12-19(23)13-9-17)21-14-10-18(11-15-21)22(27)25-24-20-6-4-2-3-5-7-20/h8-15H,2-7,16H2,1H3,(H,25,27). The van der Waals surface area contributed by atoms with Crippen LogP contribution in [0.25, 0.3) is 0 Å². The van der Waals surface area contributed by atoms with Gasteiger partial charge in [0.15, 0.2) is 0 Å². The molecular weight excluding hydrogens is 422 g/mol. The number of benzene rings is 2. The second kappa shape index (κ2) is 10.1. The summed E-state index contributed by atoms with van der Waals surface area (Å²) in [4.78, 5) is 12.4. The SMILES string of the molecule is CS(=O)(=O)N(Cc1ccc(Cl)cc1)c1ccc(C(=O)NN=C2CCCCCC2)cc1. The van der Waals surface area contributed by atoms with Crippen molar-refractivity contribution in [3.8, 4) is 0 Å². The first-order valence-electron chi connectivity index (χ1n) is 10.0. The molecule has 3 rings (SSSR count). The minimum atomic E-state index is -3.51. The van der Waals surface area contributed by atoms with Crippen LogP contribution in [0, 0.1) is 0 Å². The topological polar surface area (TPSA) is 78.8 Å². The molecule has 30 heavy (non-hydrogen) atoms. The Kier molecular flexibility index (Phi) is 7.50. The first-order chi connectivity index (χ1) is 14.3. The Morgan fingerprint density at radius 2 is 1.60 bits per heavy atom. The number of rotatable bonds is 6. The number of nitrogens with zero attached hydrogens (tertiary/aromatic N) is 2. The molecule has 0 unspecified atom stereocenters. The highest BCUT2D eigenvalue weighted by atomic mass is 35.5. The molecule has 0 atom stereocenters. The predicted octanol–water partition coefficient (Wildman–Crippen LogP) is 4.75. The summed E-state index contributed by atoms with van der Waals surface area (Å²) >= 11 is 5.91. The number of hydrazone groups is 1. The van der Waals surface area contributed by atoms with Gasteiger partial charge in [0.05, 0.1) is 18.5 Å². The van der Waals surface area contributed by atoms with E-state index in [1.54, 1.807) is 48.5 Å². The molecule has 1 aliphatic rings. The van der Waals surface area contributed by atoms with Gasteiger partial charge in [-0.3, -0.25) is 9.10 Å². The summed E-state index contributed by atoms with van der Waals surface area (Å²) in [6.45, 7) is 0.176. The van der Waals surface area contributed by atoms with Gasteiger partial charge in [0, 0.05) is 16.3 Å². The van der Waals surface area contributed by atoms with E-state index in [2.05, 4.69) is 10.5 Å². The average Bonchev–Trinajstić information content (AvgIpc) is 3.00. The van der Waals surface area contributed by atoms with Crippen LogP contribution in [0.5, 0.6) is 0 Å². The predicted molar refractivity (Wildman–Crippen MR) is 122 cm³/mol. The third-order valence-corrected chi connectivity index (χ3v) is 6.45. The number of nitrogens with one attached hydrogen (secondary N) is 1. The molecule has 0 aromatic heterocycles. The number of anilines is 1. The molecule has 1 aliphatic carbocycles. The molecule has 1 amide bonds. The fourth-order valence-electron chi connectivity index (χ4n) is 3.38. The van der Waals surface area contributed by atoms with E-state index < -0.39 is 10.0 Å². The Morgan fingerprint density at radius 3 is 2.17 bits per heavy atom. The fraction of sp³-hybridized carbons (Fsp3) is 0.364. The lowest BCUT2D eigenvalue weighted by Gasteiger charge is -2.22. The summed E-state index contributed by atoms with van der Waals surface area (Å²) < 4.78 is 26.0. The van der Waals surface area contributed by atoms with Crippen LogP contribution in [0.3, 0.4) is 0 Å². The summed E-state index contributed by atoms with van der Waals surface area (Å²) in [5, 5.41) is 4.87. The van der Waals surface area contributed by atoms with Gasteiger partial charge in [-0.2, -0.15) is 5.10 Å². The Labute approximate surface area is 183 Å². The molecule has 0 aliphatic heterocycles. The molecule has 6 nitrogen and oxygen atoms in total. The van der Waals surface area contributed by atoms with Crippen LogP contribution in [0.1, 0.15) is 54.4 Å². The molecule has 1 fully saturated rings. The fourth-order valence-corrected chi connectivity index (χ4v) is 4.39. The summed E-state index contributed by atoms with van der Waals surface area (Å²) in [6, 6.07) is 13.5. The monoisotopic (exact) mass is 447 g/mol. The first kappa shape index (κ1) is 22.3. The Morgan fingerprint density at radius 1 is 1.00 bits per heavy atom. The lowest BCUT2D eigenvalue weighted by Crippen LogP contribution is -2.29. The lowest BCUT2D eigenvalue weighted by atomic mass is 10.2. The minimum absolute atomic E-state index is 0.176. The summed E-state index contributed by atoms with van der Waals surface area (Å²) in [5.74, 6) is -0.304. The van der Waals surface area contributed by atoms with E-state index in [0.717, 1.165) is 43.2 Å². The van der Waals surface area contributed by atoms with Crippen molar-refractivity contribution in [1.29, 1.82) is 0 Å². The van der Waals surface area contributed by atoms with Crippen molar-refractivity contribution in [3.63, 3.8) is 0 Å². The maximum Gasteiger partial charge on any atom is 0.271 e. The smallest absolute Gasteiger partial charge is 0.267 e. The quantitative estimate of drug-likeness (QED) is 0.512. The number of carbonyl (C=O) groups is 1. The van der Waals surface area contributed by atoms with Crippen molar-refractivity contribution in [2.75, 3.05) is 10.6 Å². The van der Waals surface area contributed by atoms with E-state index in [1.165, 1.54) is 17.1 Å². The van der Waals surface area contributed by atoms with Gasteiger partial charge in [0.1, 0.15) is 0 Å². The van der Waals surface area contributed by atoms with Crippen LogP contribution >= 0.6 is 11.6 Å². The molecule has 1 saturated carbocycles. The zero-order chi connectivity index (χ0) is 21.6. The van der Waals surface area contributed by atoms with Crippen LogP contribution in [0.2, 0.25) is 5.02 Å².